The van der Waals surface area contributed by atoms with Crippen LogP contribution in [0.25, 0.3) is 0 Å². The van der Waals surface area contributed by atoms with Crippen LogP contribution in [0.2, 0.25) is 0 Å². The summed E-state index contributed by atoms with van der Waals surface area (Å²) in [7, 11) is 0. The summed E-state index contributed by atoms with van der Waals surface area (Å²) in [6.45, 7) is 10.4. The molecule has 0 N–H and O–H groups in total. The Balaban J connectivity index is 1.39. The number of unbranched alkanes of at least 4 members (excludes halogenated alkanes) is 5. The molecule has 2 aromatic carbocycles. The van der Waals surface area contributed by atoms with Gasteiger partial charge in [0.05, 0.1) is 18.6 Å². The first-order chi connectivity index (χ1) is 17.9. The molecular weight excluding hydrogens is 456 g/mol. The third-order valence-electron chi connectivity index (χ3n) is 8.41. The lowest BCUT2D eigenvalue weighted by Gasteiger charge is -2.46. The summed E-state index contributed by atoms with van der Waals surface area (Å²) >= 11 is 0. The molecule has 37 heavy (non-hydrogen) atoms. The van der Waals surface area contributed by atoms with E-state index in [9.17, 15) is 4.79 Å². The maximum Gasteiger partial charge on any atom is 0.308 e. The first kappa shape index (κ1) is 29.4. The minimum atomic E-state index is -0.0202. The Hall–Kier alpha value is -2.13. The van der Waals surface area contributed by atoms with Crippen LogP contribution in [-0.4, -0.2) is 25.3 Å². The molecule has 1 fully saturated rings. The van der Waals surface area contributed by atoms with Crippen LogP contribution in [-0.2, 0) is 19.7 Å². The van der Waals surface area contributed by atoms with Crippen molar-refractivity contribution in [2.75, 3.05) is 13.2 Å². The topological polar surface area (TPSA) is 35.5 Å². The van der Waals surface area contributed by atoms with E-state index in [1.165, 1.54) is 49.7 Å². The standard InChI is InChI=1S/C34H50O3/c1-5-36-32(35)28-22-24-31(25-23-28)37-27-17-9-7-6-8-16-26-34(33(2,3)4,29-18-12-10-13-19-29)30-20-14-11-15-21-30/h10-15,18-21,28,31H,5-9,16-17,22-27H2,1-4H3. The van der Waals surface area contributed by atoms with Crippen molar-refractivity contribution in [3.05, 3.63) is 71.8 Å². The van der Waals surface area contributed by atoms with E-state index in [1.54, 1.807) is 0 Å². The van der Waals surface area contributed by atoms with E-state index in [1.807, 2.05) is 6.92 Å². The van der Waals surface area contributed by atoms with Crippen molar-refractivity contribution in [2.45, 2.75) is 110 Å². The average Bonchev–Trinajstić information content (AvgIpc) is 2.90. The highest BCUT2D eigenvalue weighted by Gasteiger charge is 2.44. The zero-order valence-corrected chi connectivity index (χ0v) is 23.8. The Kier molecular flexibility index (Phi) is 11.7. The van der Waals surface area contributed by atoms with E-state index in [4.69, 9.17) is 9.47 Å². The van der Waals surface area contributed by atoms with Crippen molar-refractivity contribution in [3.8, 4) is 0 Å². The molecule has 0 atom stereocenters. The third-order valence-corrected chi connectivity index (χ3v) is 8.41. The van der Waals surface area contributed by atoms with Crippen LogP contribution in [0.1, 0.15) is 109 Å². The molecule has 1 saturated carbocycles. The van der Waals surface area contributed by atoms with Crippen LogP contribution in [0.4, 0.5) is 0 Å². The molecule has 0 saturated heterocycles. The summed E-state index contributed by atoms with van der Waals surface area (Å²) in [6.07, 6.45) is 12.7. The number of hydrogen-bond acceptors (Lipinski definition) is 3. The first-order valence-corrected chi connectivity index (χ1v) is 14.8. The number of rotatable bonds is 14. The van der Waals surface area contributed by atoms with Gasteiger partial charge in [0.2, 0.25) is 0 Å². The van der Waals surface area contributed by atoms with Crippen molar-refractivity contribution in [3.63, 3.8) is 0 Å². The Bertz CT molecular complexity index is 852. The minimum absolute atomic E-state index is 0.00957. The molecule has 1 aliphatic carbocycles. The van der Waals surface area contributed by atoms with Crippen molar-refractivity contribution in [2.24, 2.45) is 11.3 Å². The molecule has 0 radical (unpaired) electrons. The fourth-order valence-corrected chi connectivity index (χ4v) is 6.32. The summed E-state index contributed by atoms with van der Waals surface area (Å²) in [6, 6.07) is 22.3. The molecule has 0 amide bonds. The molecule has 0 aliphatic heterocycles. The van der Waals surface area contributed by atoms with E-state index in [2.05, 4.69) is 81.4 Å². The lowest BCUT2D eigenvalue weighted by atomic mass is 9.57. The number of carbonyl (C=O) groups is 1. The van der Waals surface area contributed by atoms with Crippen molar-refractivity contribution in [1.29, 1.82) is 0 Å². The molecule has 3 nitrogen and oxygen atoms in total. The van der Waals surface area contributed by atoms with Crippen LogP contribution in [0.3, 0.4) is 0 Å². The predicted molar refractivity (Wildman–Crippen MR) is 154 cm³/mol. The van der Waals surface area contributed by atoms with E-state index >= 15 is 0 Å². The highest BCUT2D eigenvalue weighted by molar-refractivity contribution is 5.72. The summed E-state index contributed by atoms with van der Waals surface area (Å²) < 4.78 is 11.3. The van der Waals surface area contributed by atoms with Gasteiger partial charge in [0.15, 0.2) is 0 Å². The Morgan fingerprint density at radius 2 is 1.27 bits per heavy atom. The number of esters is 1. The smallest absolute Gasteiger partial charge is 0.308 e. The lowest BCUT2D eigenvalue weighted by molar-refractivity contribution is -0.150. The molecule has 1 aliphatic rings. The normalized spacial score (nSPS) is 18.5. The molecule has 0 heterocycles. The van der Waals surface area contributed by atoms with Gasteiger partial charge < -0.3 is 9.47 Å². The van der Waals surface area contributed by atoms with E-state index in [-0.39, 0.29) is 22.7 Å². The van der Waals surface area contributed by atoms with Gasteiger partial charge in [-0.2, -0.15) is 0 Å². The maximum absolute atomic E-state index is 11.9. The Labute approximate surface area is 226 Å². The maximum atomic E-state index is 11.9. The lowest BCUT2D eigenvalue weighted by Crippen LogP contribution is -2.41. The van der Waals surface area contributed by atoms with Crippen LogP contribution < -0.4 is 0 Å². The highest BCUT2D eigenvalue weighted by atomic mass is 16.5. The van der Waals surface area contributed by atoms with Crippen molar-refractivity contribution in [1.82, 2.24) is 0 Å². The van der Waals surface area contributed by atoms with Gasteiger partial charge in [0.25, 0.3) is 0 Å². The minimum Gasteiger partial charge on any atom is -0.466 e. The number of hydrogen-bond donors (Lipinski definition) is 0. The van der Waals surface area contributed by atoms with Gasteiger partial charge in [-0.25, -0.2) is 0 Å². The quantitative estimate of drug-likeness (QED) is 0.189. The van der Waals surface area contributed by atoms with Gasteiger partial charge in [-0.05, 0) is 62.0 Å². The second-order valence-electron chi connectivity index (χ2n) is 11.9. The van der Waals surface area contributed by atoms with E-state index in [0.717, 1.165) is 38.7 Å². The zero-order chi connectivity index (χ0) is 26.6. The Morgan fingerprint density at radius 3 is 1.78 bits per heavy atom. The van der Waals surface area contributed by atoms with Crippen LogP contribution in [0.5, 0.6) is 0 Å². The van der Waals surface area contributed by atoms with Gasteiger partial charge in [0, 0.05) is 12.0 Å². The van der Waals surface area contributed by atoms with Crippen molar-refractivity contribution >= 4 is 5.97 Å². The molecule has 3 heteroatoms. The van der Waals surface area contributed by atoms with Crippen LogP contribution >= 0.6 is 0 Å². The molecule has 0 bridgehead atoms. The number of ether oxygens (including phenoxy) is 2. The molecule has 3 rings (SSSR count). The highest BCUT2D eigenvalue weighted by Crippen LogP contribution is 2.50. The van der Waals surface area contributed by atoms with E-state index < -0.39 is 0 Å². The van der Waals surface area contributed by atoms with Gasteiger partial charge in [0.1, 0.15) is 0 Å². The molecule has 0 spiro atoms. The van der Waals surface area contributed by atoms with Gasteiger partial charge >= 0.3 is 5.97 Å². The fourth-order valence-electron chi connectivity index (χ4n) is 6.32. The number of carbonyl (C=O) groups excluding carboxylic acids is 1. The van der Waals surface area contributed by atoms with Gasteiger partial charge in [-0.1, -0.05) is 114 Å². The van der Waals surface area contributed by atoms with Gasteiger partial charge in [-0.3, -0.25) is 4.79 Å². The second kappa shape index (κ2) is 14.7. The predicted octanol–water partition coefficient (Wildman–Crippen LogP) is 8.89. The summed E-state index contributed by atoms with van der Waals surface area (Å²) in [4.78, 5) is 11.9. The van der Waals surface area contributed by atoms with E-state index in [0.29, 0.717) is 12.7 Å². The summed E-state index contributed by atoms with van der Waals surface area (Å²) in [5.41, 5.74) is 2.99. The van der Waals surface area contributed by atoms with Gasteiger partial charge in [-0.15, -0.1) is 0 Å². The zero-order valence-electron chi connectivity index (χ0n) is 23.8. The Morgan fingerprint density at radius 1 is 0.757 bits per heavy atom. The monoisotopic (exact) mass is 506 g/mol. The fraction of sp³-hybridized carbons (Fsp3) is 0.618. The number of benzene rings is 2. The molecule has 0 unspecified atom stereocenters. The summed E-state index contributed by atoms with van der Waals surface area (Å²) in [5, 5.41) is 0. The second-order valence-corrected chi connectivity index (χ2v) is 11.9. The third kappa shape index (κ3) is 8.18. The summed E-state index contributed by atoms with van der Waals surface area (Å²) in [5.74, 6) is 0.0637. The van der Waals surface area contributed by atoms with Crippen LogP contribution in [0, 0.1) is 11.3 Å². The average molecular weight is 507 g/mol. The SMILES string of the molecule is CCOC(=O)C1CCC(OCCCCCCCCC(c2ccccc2)(c2ccccc2)C(C)(C)C)CC1. The molecule has 0 aromatic heterocycles. The molecule has 204 valence electrons. The largest absolute Gasteiger partial charge is 0.466 e. The molecule has 2 aromatic rings. The van der Waals surface area contributed by atoms with Crippen LogP contribution in [0.15, 0.2) is 60.7 Å². The first-order valence-electron chi connectivity index (χ1n) is 14.8. The molecular formula is C34H50O3. The van der Waals surface area contributed by atoms with Crippen molar-refractivity contribution < 1.29 is 14.3 Å².